The third-order valence-corrected chi connectivity index (χ3v) is 3.21. The fraction of sp³-hybridized carbons (Fsp3) is 0.846. The number of urea groups is 1. The van der Waals surface area contributed by atoms with Gasteiger partial charge < -0.3 is 15.7 Å². The molecule has 0 bridgehead atoms. The van der Waals surface area contributed by atoms with E-state index in [-0.39, 0.29) is 18.0 Å². The van der Waals surface area contributed by atoms with Gasteiger partial charge in [-0.15, -0.1) is 0 Å². The molecule has 0 saturated heterocycles. The van der Waals surface area contributed by atoms with Gasteiger partial charge in [0.15, 0.2) is 0 Å². The predicted octanol–water partition coefficient (Wildman–Crippen LogP) is 1.97. The normalized spacial score (nSPS) is 23.6. The number of rotatable bonds is 7. The fourth-order valence-electron chi connectivity index (χ4n) is 2.18. The van der Waals surface area contributed by atoms with E-state index in [4.69, 9.17) is 5.11 Å². The van der Waals surface area contributed by atoms with Crippen molar-refractivity contribution in [2.24, 2.45) is 11.8 Å². The van der Waals surface area contributed by atoms with Crippen molar-refractivity contribution < 1.29 is 14.7 Å². The molecular weight excluding hydrogens is 232 g/mol. The summed E-state index contributed by atoms with van der Waals surface area (Å²) in [5, 5.41) is 14.4. The number of nitrogens with one attached hydrogen (secondary N) is 2. The average Bonchev–Trinajstić information content (AvgIpc) is 2.95. The minimum atomic E-state index is -0.972. The number of amides is 2. The summed E-state index contributed by atoms with van der Waals surface area (Å²) in [7, 11) is 0. The van der Waals surface area contributed by atoms with Crippen LogP contribution in [0.3, 0.4) is 0 Å². The Bertz CT molecular complexity index is 305. The van der Waals surface area contributed by atoms with Crippen LogP contribution < -0.4 is 10.6 Å². The highest BCUT2D eigenvalue weighted by molar-refractivity contribution is 5.82. The third kappa shape index (κ3) is 4.94. The smallest absolute Gasteiger partial charge is 0.326 e. The van der Waals surface area contributed by atoms with Gasteiger partial charge in [0.2, 0.25) is 0 Å². The van der Waals surface area contributed by atoms with Gasteiger partial charge >= 0.3 is 12.0 Å². The summed E-state index contributed by atoms with van der Waals surface area (Å²) in [6.07, 6.45) is 3.71. The quantitative estimate of drug-likeness (QED) is 0.651. The van der Waals surface area contributed by atoms with Crippen molar-refractivity contribution in [3.8, 4) is 0 Å². The van der Waals surface area contributed by atoms with Crippen molar-refractivity contribution in [1.82, 2.24) is 10.6 Å². The van der Waals surface area contributed by atoms with Crippen molar-refractivity contribution in [1.29, 1.82) is 0 Å². The first-order valence-corrected chi connectivity index (χ1v) is 6.73. The van der Waals surface area contributed by atoms with Crippen LogP contribution in [0.2, 0.25) is 0 Å². The number of carboxylic acids is 1. The van der Waals surface area contributed by atoms with Gasteiger partial charge in [0.05, 0.1) is 0 Å². The van der Waals surface area contributed by atoms with Crippen LogP contribution >= 0.6 is 0 Å². The summed E-state index contributed by atoms with van der Waals surface area (Å²) in [4.78, 5) is 22.7. The summed E-state index contributed by atoms with van der Waals surface area (Å²) >= 11 is 0. The fourth-order valence-corrected chi connectivity index (χ4v) is 2.18. The van der Waals surface area contributed by atoms with E-state index in [1.54, 1.807) is 0 Å². The van der Waals surface area contributed by atoms with Gasteiger partial charge in [-0.2, -0.15) is 0 Å². The highest BCUT2D eigenvalue weighted by Crippen LogP contribution is 2.34. The van der Waals surface area contributed by atoms with Crippen LogP contribution in [0.4, 0.5) is 4.79 Å². The molecule has 0 radical (unpaired) electrons. The second-order valence-electron chi connectivity index (χ2n) is 5.53. The Morgan fingerprint density at radius 2 is 2.06 bits per heavy atom. The van der Waals surface area contributed by atoms with Gasteiger partial charge in [0, 0.05) is 6.04 Å². The molecule has 5 nitrogen and oxygen atoms in total. The molecule has 2 unspecified atom stereocenters. The first-order valence-electron chi connectivity index (χ1n) is 6.73. The topological polar surface area (TPSA) is 78.4 Å². The molecule has 0 aromatic carbocycles. The highest BCUT2D eigenvalue weighted by atomic mass is 16.4. The Morgan fingerprint density at radius 1 is 1.39 bits per heavy atom. The van der Waals surface area contributed by atoms with E-state index in [0.717, 1.165) is 19.3 Å². The highest BCUT2D eigenvalue weighted by Gasteiger charge is 2.37. The molecule has 3 atom stereocenters. The van der Waals surface area contributed by atoms with Gasteiger partial charge in [-0.1, -0.05) is 27.2 Å². The molecule has 1 fully saturated rings. The third-order valence-electron chi connectivity index (χ3n) is 3.21. The second kappa shape index (κ2) is 6.61. The zero-order chi connectivity index (χ0) is 13.7. The summed E-state index contributed by atoms with van der Waals surface area (Å²) in [6, 6.07) is -0.918. The predicted molar refractivity (Wildman–Crippen MR) is 69.3 cm³/mol. The molecule has 0 aromatic heterocycles. The maximum absolute atomic E-state index is 11.7. The molecule has 5 heteroatoms. The van der Waals surface area contributed by atoms with Crippen LogP contribution in [0.25, 0.3) is 0 Å². The monoisotopic (exact) mass is 256 g/mol. The van der Waals surface area contributed by atoms with Gasteiger partial charge in [0.25, 0.3) is 0 Å². The standard InChI is InChI=1S/C13H24N2O3/c1-4-5-9-7-10(9)14-13(18)15-11(12(16)17)6-8(2)3/h8-11H,4-7H2,1-3H3,(H,16,17)(H2,14,15,18)/t9?,10?,11-/m0/s1. The van der Waals surface area contributed by atoms with Crippen molar-refractivity contribution in [3.05, 3.63) is 0 Å². The van der Waals surface area contributed by atoms with E-state index in [1.807, 2.05) is 13.8 Å². The van der Waals surface area contributed by atoms with E-state index in [9.17, 15) is 9.59 Å². The maximum Gasteiger partial charge on any atom is 0.326 e. The first-order chi connectivity index (χ1) is 8.43. The molecule has 3 N–H and O–H groups in total. The number of carbonyl (C=O) groups is 2. The van der Waals surface area contributed by atoms with Gasteiger partial charge in [0.1, 0.15) is 6.04 Å². The minimum absolute atomic E-state index is 0.235. The molecule has 0 spiro atoms. The summed E-state index contributed by atoms with van der Waals surface area (Å²) in [5.41, 5.74) is 0. The lowest BCUT2D eigenvalue weighted by atomic mass is 10.0. The lowest BCUT2D eigenvalue weighted by molar-refractivity contribution is -0.139. The Balaban J connectivity index is 2.31. The van der Waals surface area contributed by atoms with Crippen molar-refractivity contribution in [2.45, 2.75) is 58.5 Å². The van der Waals surface area contributed by atoms with Crippen LogP contribution in [0.1, 0.15) is 46.5 Å². The molecule has 2 amide bonds. The van der Waals surface area contributed by atoms with Crippen LogP contribution in [-0.4, -0.2) is 29.2 Å². The molecule has 1 aliphatic rings. The minimum Gasteiger partial charge on any atom is -0.480 e. The van der Waals surface area contributed by atoms with Crippen molar-refractivity contribution >= 4 is 12.0 Å². The molecule has 1 saturated carbocycles. The van der Waals surface area contributed by atoms with Crippen molar-refractivity contribution in [2.75, 3.05) is 0 Å². The van der Waals surface area contributed by atoms with Gasteiger partial charge in [-0.05, 0) is 31.1 Å². The SMILES string of the molecule is CCCC1CC1NC(=O)N[C@@H](CC(C)C)C(=O)O. The largest absolute Gasteiger partial charge is 0.480 e. The number of aliphatic carboxylic acids is 1. The van der Waals surface area contributed by atoms with E-state index in [2.05, 4.69) is 17.6 Å². The second-order valence-corrected chi connectivity index (χ2v) is 5.53. The lowest BCUT2D eigenvalue weighted by Crippen LogP contribution is -2.47. The number of carbonyl (C=O) groups excluding carboxylic acids is 1. The van der Waals surface area contributed by atoms with Crippen LogP contribution in [0.5, 0.6) is 0 Å². The molecule has 104 valence electrons. The van der Waals surface area contributed by atoms with Crippen LogP contribution in [0.15, 0.2) is 0 Å². The summed E-state index contributed by atoms with van der Waals surface area (Å²) in [5.74, 6) is -0.158. The van der Waals surface area contributed by atoms with Gasteiger partial charge in [-0.3, -0.25) is 0 Å². The molecular formula is C13H24N2O3. The van der Waals surface area contributed by atoms with E-state index in [0.29, 0.717) is 12.3 Å². The molecule has 1 aliphatic carbocycles. The number of hydrogen-bond donors (Lipinski definition) is 3. The average molecular weight is 256 g/mol. The van der Waals surface area contributed by atoms with Gasteiger partial charge in [-0.25, -0.2) is 9.59 Å². The van der Waals surface area contributed by atoms with E-state index in [1.165, 1.54) is 0 Å². The number of hydrogen-bond acceptors (Lipinski definition) is 2. The Morgan fingerprint density at radius 3 is 2.56 bits per heavy atom. The lowest BCUT2D eigenvalue weighted by Gasteiger charge is -2.16. The molecule has 0 aliphatic heterocycles. The Hall–Kier alpha value is -1.26. The Labute approximate surface area is 108 Å². The zero-order valence-electron chi connectivity index (χ0n) is 11.4. The Kier molecular flexibility index (Phi) is 5.44. The van der Waals surface area contributed by atoms with Crippen molar-refractivity contribution in [3.63, 3.8) is 0 Å². The molecule has 1 rings (SSSR count). The summed E-state index contributed by atoms with van der Waals surface area (Å²) in [6.45, 7) is 6.00. The molecule has 0 heterocycles. The van der Waals surface area contributed by atoms with E-state index < -0.39 is 12.0 Å². The zero-order valence-corrected chi connectivity index (χ0v) is 11.4. The van der Waals surface area contributed by atoms with Crippen LogP contribution in [0, 0.1) is 11.8 Å². The molecule has 18 heavy (non-hydrogen) atoms. The van der Waals surface area contributed by atoms with E-state index >= 15 is 0 Å². The first kappa shape index (κ1) is 14.8. The van der Waals surface area contributed by atoms with Crippen LogP contribution in [-0.2, 0) is 4.79 Å². The number of carboxylic acid groups (broad SMARTS) is 1. The summed E-state index contributed by atoms with van der Waals surface area (Å²) < 4.78 is 0. The maximum atomic E-state index is 11.7. The molecule has 0 aromatic rings.